The first-order valence-electron chi connectivity index (χ1n) is 6.47. The van der Waals surface area contributed by atoms with E-state index in [1.54, 1.807) is 6.07 Å². The molecule has 106 valence electrons. The third-order valence-electron chi connectivity index (χ3n) is 3.12. The Labute approximate surface area is 131 Å². The van der Waals surface area contributed by atoms with Gasteiger partial charge >= 0.3 is 0 Å². The SMILES string of the molecule is CC(C)c1ccc(Sc2ccc(CN)c(Br)c2F)cc1. The molecular weight excluding hydrogens is 337 g/mol. The van der Waals surface area contributed by atoms with Gasteiger partial charge in [0.1, 0.15) is 0 Å². The van der Waals surface area contributed by atoms with Crippen molar-refractivity contribution in [2.24, 2.45) is 5.73 Å². The van der Waals surface area contributed by atoms with Crippen LogP contribution < -0.4 is 5.73 Å². The minimum atomic E-state index is -0.245. The maximum Gasteiger partial charge on any atom is 0.151 e. The summed E-state index contributed by atoms with van der Waals surface area (Å²) in [5.74, 6) is 0.259. The smallest absolute Gasteiger partial charge is 0.151 e. The van der Waals surface area contributed by atoms with Crippen molar-refractivity contribution in [3.8, 4) is 0 Å². The number of hydrogen-bond acceptors (Lipinski definition) is 2. The van der Waals surface area contributed by atoms with Crippen molar-refractivity contribution in [2.45, 2.75) is 36.1 Å². The molecule has 0 saturated heterocycles. The molecule has 2 aromatic carbocycles. The third kappa shape index (κ3) is 3.43. The first kappa shape index (κ1) is 15.5. The van der Waals surface area contributed by atoms with Gasteiger partial charge in [-0.05, 0) is 51.2 Å². The van der Waals surface area contributed by atoms with Crippen LogP contribution >= 0.6 is 27.7 Å². The molecule has 0 spiro atoms. The van der Waals surface area contributed by atoms with Crippen molar-refractivity contribution >= 4 is 27.7 Å². The molecule has 0 aromatic heterocycles. The minimum absolute atomic E-state index is 0.245. The van der Waals surface area contributed by atoms with Crippen LogP contribution in [-0.4, -0.2) is 0 Å². The van der Waals surface area contributed by atoms with Gasteiger partial charge < -0.3 is 5.73 Å². The Bertz CT molecular complexity index is 596. The zero-order valence-electron chi connectivity index (χ0n) is 11.5. The highest BCUT2D eigenvalue weighted by molar-refractivity contribution is 9.10. The molecule has 0 aliphatic heterocycles. The zero-order chi connectivity index (χ0) is 14.7. The summed E-state index contributed by atoms with van der Waals surface area (Å²) >= 11 is 4.69. The van der Waals surface area contributed by atoms with E-state index in [0.29, 0.717) is 21.8 Å². The van der Waals surface area contributed by atoms with Crippen molar-refractivity contribution < 1.29 is 4.39 Å². The molecule has 0 heterocycles. The van der Waals surface area contributed by atoms with E-state index in [1.165, 1.54) is 17.3 Å². The molecule has 0 aliphatic carbocycles. The second-order valence-corrected chi connectivity index (χ2v) is 6.79. The quantitative estimate of drug-likeness (QED) is 0.804. The Morgan fingerprint density at radius 2 is 1.80 bits per heavy atom. The monoisotopic (exact) mass is 353 g/mol. The molecule has 20 heavy (non-hydrogen) atoms. The van der Waals surface area contributed by atoms with Crippen LogP contribution in [0.1, 0.15) is 30.9 Å². The summed E-state index contributed by atoms with van der Waals surface area (Å²) in [6.07, 6.45) is 0. The van der Waals surface area contributed by atoms with Gasteiger partial charge in [0, 0.05) is 16.3 Å². The molecule has 2 rings (SSSR count). The fourth-order valence-electron chi connectivity index (χ4n) is 1.86. The summed E-state index contributed by atoms with van der Waals surface area (Å²) in [5, 5.41) is 0. The van der Waals surface area contributed by atoms with Gasteiger partial charge in [0.15, 0.2) is 5.82 Å². The van der Waals surface area contributed by atoms with Crippen LogP contribution in [0.4, 0.5) is 4.39 Å². The number of nitrogens with two attached hydrogens (primary N) is 1. The molecule has 2 N–H and O–H groups in total. The van der Waals surface area contributed by atoms with Gasteiger partial charge in [0.2, 0.25) is 0 Å². The van der Waals surface area contributed by atoms with Crippen molar-refractivity contribution in [3.05, 3.63) is 57.8 Å². The molecular formula is C16H17BrFNS. The molecule has 4 heteroatoms. The zero-order valence-corrected chi connectivity index (χ0v) is 13.9. The Morgan fingerprint density at radius 1 is 1.15 bits per heavy atom. The molecule has 0 fully saturated rings. The fourth-order valence-corrected chi connectivity index (χ4v) is 3.35. The van der Waals surface area contributed by atoms with Crippen molar-refractivity contribution in [1.82, 2.24) is 0 Å². The summed E-state index contributed by atoms with van der Waals surface area (Å²) in [6, 6.07) is 11.9. The maximum atomic E-state index is 14.2. The standard InChI is InChI=1S/C16H17BrFNS/c1-10(2)11-3-6-13(7-4-11)20-14-8-5-12(9-19)15(17)16(14)18/h3-8,10H,9,19H2,1-2H3. The van der Waals surface area contributed by atoms with Gasteiger partial charge in [-0.15, -0.1) is 0 Å². The predicted molar refractivity (Wildman–Crippen MR) is 86.6 cm³/mol. The summed E-state index contributed by atoms with van der Waals surface area (Å²) in [6.45, 7) is 4.64. The van der Waals surface area contributed by atoms with E-state index < -0.39 is 0 Å². The largest absolute Gasteiger partial charge is 0.326 e. The fraction of sp³-hybridized carbons (Fsp3) is 0.250. The minimum Gasteiger partial charge on any atom is -0.326 e. The average Bonchev–Trinajstić information content (AvgIpc) is 2.45. The molecule has 0 amide bonds. The summed E-state index contributed by atoms with van der Waals surface area (Å²) in [5.41, 5.74) is 7.63. The molecule has 0 saturated carbocycles. The lowest BCUT2D eigenvalue weighted by molar-refractivity contribution is 0.592. The number of halogens is 2. The van der Waals surface area contributed by atoms with Gasteiger partial charge in [0.05, 0.1) is 4.47 Å². The molecule has 0 unspecified atom stereocenters. The number of benzene rings is 2. The van der Waals surface area contributed by atoms with Crippen LogP contribution in [0.2, 0.25) is 0 Å². The molecule has 0 atom stereocenters. The van der Waals surface area contributed by atoms with Gasteiger partial charge in [0.25, 0.3) is 0 Å². The van der Waals surface area contributed by atoms with Crippen molar-refractivity contribution in [1.29, 1.82) is 0 Å². The Kier molecular flexibility index (Phi) is 5.24. The summed E-state index contributed by atoms with van der Waals surface area (Å²) < 4.78 is 14.7. The van der Waals surface area contributed by atoms with Crippen LogP contribution in [0.3, 0.4) is 0 Å². The van der Waals surface area contributed by atoms with Crippen molar-refractivity contribution in [3.63, 3.8) is 0 Å². The molecule has 0 aliphatic rings. The van der Waals surface area contributed by atoms with Crippen LogP contribution in [0.5, 0.6) is 0 Å². The van der Waals surface area contributed by atoms with E-state index in [9.17, 15) is 4.39 Å². The first-order chi connectivity index (χ1) is 9.52. The van der Waals surface area contributed by atoms with Crippen LogP contribution in [-0.2, 0) is 6.54 Å². The van der Waals surface area contributed by atoms with E-state index in [0.717, 1.165) is 10.5 Å². The third-order valence-corrected chi connectivity index (χ3v) is 5.02. The highest BCUT2D eigenvalue weighted by Crippen LogP contribution is 2.34. The lowest BCUT2D eigenvalue weighted by atomic mass is 10.0. The lowest BCUT2D eigenvalue weighted by Gasteiger charge is -2.09. The first-order valence-corrected chi connectivity index (χ1v) is 8.08. The second-order valence-electron chi connectivity index (χ2n) is 4.88. The molecule has 1 nitrogen and oxygen atoms in total. The second kappa shape index (κ2) is 6.74. The highest BCUT2D eigenvalue weighted by atomic mass is 79.9. The Hall–Kier alpha value is -0.840. The topological polar surface area (TPSA) is 26.0 Å². The van der Waals surface area contributed by atoms with Crippen LogP contribution in [0, 0.1) is 5.82 Å². The lowest BCUT2D eigenvalue weighted by Crippen LogP contribution is -1.99. The van der Waals surface area contributed by atoms with Crippen molar-refractivity contribution in [2.75, 3.05) is 0 Å². The molecule has 2 aromatic rings. The summed E-state index contributed by atoms with van der Waals surface area (Å²) in [4.78, 5) is 1.63. The van der Waals surface area contributed by atoms with E-state index in [4.69, 9.17) is 5.73 Å². The molecule has 0 radical (unpaired) electrons. The van der Waals surface area contributed by atoms with E-state index in [1.807, 2.05) is 18.2 Å². The van der Waals surface area contributed by atoms with E-state index in [2.05, 4.69) is 41.9 Å². The van der Waals surface area contributed by atoms with Gasteiger partial charge in [-0.3, -0.25) is 0 Å². The number of hydrogen-bond donors (Lipinski definition) is 1. The number of rotatable bonds is 4. The van der Waals surface area contributed by atoms with Gasteiger partial charge in [-0.25, -0.2) is 4.39 Å². The van der Waals surface area contributed by atoms with Gasteiger partial charge in [-0.2, -0.15) is 0 Å². The Morgan fingerprint density at radius 3 is 2.35 bits per heavy atom. The average molecular weight is 354 g/mol. The van der Waals surface area contributed by atoms with Crippen LogP contribution in [0.25, 0.3) is 0 Å². The highest BCUT2D eigenvalue weighted by Gasteiger charge is 2.11. The summed E-state index contributed by atoms with van der Waals surface area (Å²) in [7, 11) is 0. The van der Waals surface area contributed by atoms with Gasteiger partial charge in [-0.1, -0.05) is 43.8 Å². The van der Waals surface area contributed by atoms with E-state index in [-0.39, 0.29) is 5.82 Å². The normalized spacial score (nSPS) is 11.1. The molecule has 0 bridgehead atoms. The van der Waals surface area contributed by atoms with Crippen LogP contribution in [0.15, 0.2) is 50.7 Å². The predicted octanol–water partition coefficient (Wildman–Crippen LogP) is 5.32. The van der Waals surface area contributed by atoms with E-state index >= 15 is 0 Å². The maximum absolute atomic E-state index is 14.2. The Balaban J connectivity index is 2.24.